The van der Waals surface area contributed by atoms with Crippen molar-refractivity contribution in [1.29, 1.82) is 0 Å². The Hall–Kier alpha value is -2.20. The lowest BCUT2D eigenvalue weighted by molar-refractivity contribution is -0.251. The van der Waals surface area contributed by atoms with E-state index in [9.17, 15) is 19.2 Å². The number of nitrogens with two attached hydrogens (primary N) is 1. The number of hydrogen-bond donors (Lipinski definition) is 1. The van der Waals surface area contributed by atoms with E-state index in [-0.39, 0.29) is 6.61 Å². The summed E-state index contributed by atoms with van der Waals surface area (Å²) in [5.74, 6) is -2.66. The summed E-state index contributed by atoms with van der Waals surface area (Å²) < 4.78 is 25.6. The van der Waals surface area contributed by atoms with E-state index in [4.69, 9.17) is 29.4 Å². The first-order chi connectivity index (χ1) is 11.1. The van der Waals surface area contributed by atoms with Crippen molar-refractivity contribution in [2.75, 3.05) is 6.61 Å². The minimum Gasteiger partial charge on any atom is -0.463 e. The zero-order valence-electron chi connectivity index (χ0n) is 13.8. The van der Waals surface area contributed by atoms with Crippen LogP contribution in [0.2, 0.25) is 0 Å². The predicted molar refractivity (Wildman–Crippen MR) is 76.1 cm³/mol. The van der Waals surface area contributed by atoms with Gasteiger partial charge in [-0.3, -0.25) is 19.2 Å². The molecule has 0 saturated carbocycles. The first-order valence-electron chi connectivity index (χ1n) is 7.18. The molecule has 1 aliphatic rings. The summed E-state index contributed by atoms with van der Waals surface area (Å²) in [4.78, 5) is 45.0. The highest BCUT2D eigenvalue weighted by molar-refractivity contribution is 5.68. The van der Waals surface area contributed by atoms with Crippen LogP contribution >= 0.6 is 0 Å². The van der Waals surface area contributed by atoms with Crippen LogP contribution in [0.4, 0.5) is 0 Å². The summed E-state index contributed by atoms with van der Waals surface area (Å²) in [5, 5.41) is 0. The maximum atomic E-state index is 11.4. The molecule has 1 fully saturated rings. The van der Waals surface area contributed by atoms with Gasteiger partial charge in [-0.15, -0.1) is 0 Å². The summed E-state index contributed by atoms with van der Waals surface area (Å²) in [6.07, 6.45) is -5.74. The molecule has 0 spiro atoms. The van der Waals surface area contributed by atoms with Gasteiger partial charge in [0, 0.05) is 27.7 Å². The molecule has 0 radical (unpaired) electrons. The van der Waals surface area contributed by atoms with Crippen LogP contribution in [-0.4, -0.2) is 61.1 Å². The highest BCUT2D eigenvalue weighted by Gasteiger charge is 2.51. The third kappa shape index (κ3) is 5.78. The number of carbonyl (C=O) groups is 4. The van der Waals surface area contributed by atoms with Crippen molar-refractivity contribution in [1.82, 2.24) is 0 Å². The molecule has 1 saturated heterocycles. The van der Waals surface area contributed by atoms with Gasteiger partial charge in [0.15, 0.2) is 18.3 Å². The Morgan fingerprint density at radius 1 is 0.792 bits per heavy atom. The van der Waals surface area contributed by atoms with Crippen LogP contribution in [0.1, 0.15) is 27.7 Å². The standard InChI is InChI=1S/C14H21NO9/c1-6(16)20-5-10-11(21-7(2)17)12(22-8(3)18)13(14(15)24-10)23-9(4)19/h10-14H,5,15H2,1-4H3/t10-,11-,12-,13-,14+/m0/s1. The quantitative estimate of drug-likeness (QED) is 0.487. The molecule has 1 aliphatic heterocycles. The van der Waals surface area contributed by atoms with Gasteiger partial charge < -0.3 is 29.4 Å². The minimum absolute atomic E-state index is 0.286. The molecule has 10 heteroatoms. The Morgan fingerprint density at radius 3 is 1.71 bits per heavy atom. The average Bonchev–Trinajstić information content (AvgIpc) is 2.42. The van der Waals surface area contributed by atoms with Crippen LogP contribution in [-0.2, 0) is 42.9 Å². The van der Waals surface area contributed by atoms with Gasteiger partial charge in [0.05, 0.1) is 0 Å². The van der Waals surface area contributed by atoms with E-state index < -0.39 is 54.5 Å². The van der Waals surface area contributed by atoms with Crippen LogP contribution in [0.3, 0.4) is 0 Å². The summed E-state index contributed by atoms with van der Waals surface area (Å²) in [5.41, 5.74) is 5.81. The normalized spacial score (nSPS) is 29.3. The Morgan fingerprint density at radius 2 is 1.25 bits per heavy atom. The Labute approximate surface area is 138 Å². The Kier molecular flexibility index (Phi) is 7.11. The van der Waals surface area contributed by atoms with Gasteiger partial charge in [-0.1, -0.05) is 0 Å². The fourth-order valence-corrected chi connectivity index (χ4v) is 2.26. The summed E-state index contributed by atoms with van der Waals surface area (Å²) in [6, 6.07) is 0. The summed E-state index contributed by atoms with van der Waals surface area (Å²) >= 11 is 0. The van der Waals surface area contributed by atoms with E-state index in [1.165, 1.54) is 6.92 Å². The lowest BCUT2D eigenvalue weighted by atomic mass is 9.97. The summed E-state index contributed by atoms with van der Waals surface area (Å²) in [6.45, 7) is 4.32. The lowest BCUT2D eigenvalue weighted by Crippen LogP contribution is -2.64. The molecule has 2 N–H and O–H groups in total. The van der Waals surface area contributed by atoms with Gasteiger partial charge in [0.25, 0.3) is 0 Å². The molecule has 1 heterocycles. The molecule has 0 aromatic rings. The fourth-order valence-electron chi connectivity index (χ4n) is 2.26. The van der Waals surface area contributed by atoms with Gasteiger partial charge >= 0.3 is 23.9 Å². The molecular weight excluding hydrogens is 326 g/mol. The molecule has 5 atom stereocenters. The second-order valence-electron chi connectivity index (χ2n) is 5.16. The van der Waals surface area contributed by atoms with Crippen molar-refractivity contribution in [3.05, 3.63) is 0 Å². The lowest BCUT2D eigenvalue weighted by Gasteiger charge is -2.43. The number of carbonyl (C=O) groups excluding carboxylic acids is 4. The van der Waals surface area contributed by atoms with Crippen molar-refractivity contribution in [2.45, 2.75) is 58.3 Å². The maximum Gasteiger partial charge on any atom is 0.303 e. The Bertz CT molecular complexity index is 506. The number of esters is 4. The highest BCUT2D eigenvalue weighted by atomic mass is 16.7. The van der Waals surface area contributed by atoms with Gasteiger partial charge in [-0.25, -0.2) is 0 Å². The van der Waals surface area contributed by atoms with Crippen LogP contribution < -0.4 is 5.73 Å². The maximum absolute atomic E-state index is 11.4. The van der Waals surface area contributed by atoms with Gasteiger partial charge in [0.2, 0.25) is 0 Å². The molecule has 0 aliphatic carbocycles. The molecule has 0 amide bonds. The van der Waals surface area contributed by atoms with E-state index >= 15 is 0 Å². The van der Waals surface area contributed by atoms with E-state index in [1.807, 2.05) is 0 Å². The first kappa shape index (κ1) is 19.8. The van der Waals surface area contributed by atoms with Gasteiger partial charge in [-0.05, 0) is 0 Å². The van der Waals surface area contributed by atoms with Crippen molar-refractivity contribution < 1.29 is 42.9 Å². The zero-order chi connectivity index (χ0) is 18.4. The van der Waals surface area contributed by atoms with Crippen LogP contribution in [0.25, 0.3) is 0 Å². The number of ether oxygens (including phenoxy) is 5. The summed E-state index contributed by atoms with van der Waals surface area (Å²) in [7, 11) is 0. The molecule has 0 bridgehead atoms. The minimum atomic E-state index is -1.21. The zero-order valence-corrected chi connectivity index (χ0v) is 13.8. The third-order valence-corrected chi connectivity index (χ3v) is 3.03. The highest BCUT2D eigenvalue weighted by Crippen LogP contribution is 2.27. The van der Waals surface area contributed by atoms with Crippen LogP contribution in [0.15, 0.2) is 0 Å². The third-order valence-electron chi connectivity index (χ3n) is 3.03. The van der Waals surface area contributed by atoms with E-state index in [0.29, 0.717) is 0 Å². The monoisotopic (exact) mass is 347 g/mol. The van der Waals surface area contributed by atoms with Gasteiger partial charge in [-0.2, -0.15) is 0 Å². The van der Waals surface area contributed by atoms with Crippen LogP contribution in [0.5, 0.6) is 0 Å². The largest absolute Gasteiger partial charge is 0.463 e. The first-order valence-corrected chi connectivity index (χ1v) is 7.18. The topological polar surface area (TPSA) is 140 Å². The predicted octanol–water partition coefficient (Wildman–Crippen LogP) is -0.972. The van der Waals surface area contributed by atoms with Crippen molar-refractivity contribution in [2.24, 2.45) is 5.73 Å². The van der Waals surface area contributed by atoms with Gasteiger partial charge in [0.1, 0.15) is 18.9 Å². The van der Waals surface area contributed by atoms with E-state index in [1.54, 1.807) is 0 Å². The van der Waals surface area contributed by atoms with E-state index in [0.717, 1.165) is 20.8 Å². The number of hydrogen-bond acceptors (Lipinski definition) is 10. The molecule has 136 valence electrons. The fraction of sp³-hybridized carbons (Fsp3) is 0.714. The Balaban J connectivity index is 3.11. The number of rotatable bonds is 5. The van der Waals surface area contributed by atoms with E-state index in [2.05, 4.69) is 0 Å². The molecule has 10 nitrogen and oxygen atoms in total. The van der Waals surface area contributed by atoms with Crippen molar-refractivity contribution in [3.8, 4) is 0 Å². The average molecular weight is 347 g/mol. The molecular formula is C14H21NO9. The molecule has 0 aromatic carbocycles. The molecule has 1 rings (SSSR count). The molecule has 24 heavy (non-hydrogen) atoms. The smallest absolute Gasteiger partial charge is 0.303 e. The molecule has 0 unspecified atom stereocenters. The van der Waals surface area contributed by atoms with Crippen molar-refractivity contribution in [3.63, 3.8) is 0 Å². The second kappa shape index (κ2) is 8.60. The SMILES string of the molecule is CC(=O)OC[C@@H]1O[C@@H](N)[C@@H](OC(C)=O)[C@@H](OC(C)=O)[C@H]1OC(C)=O. The molecule has 0 aromatic heterocycles. The second-order valence-corrected chi connectivity index (χ2v) is 5.16. The van der Waals surface area contributed by atoms with Crippen molar-refractivity contribution >= 4 is 23.9 Å². The van der Waals surface area contributed by atoms with Crippen LogP contribution in [0, 0.1) is 0 Å².